The fourth-order valence-corrected chi connectivity index (χ4v) is 4.79. The van der Waals surface area contributed by atoms with Crippen LogP contribution < -0.4 is 0 Å². The van der Waals surface area contributed by atoms with Gasteiger partial charge in [0.2, 0.25) is 0 Å². The molecular formula is C19H22OS. The number of aliphatic hydroxyl groups excluding tert-OH is 1. The summed E-state index contributed by atoms with van der Waals surface area (Å²) in [6.07, 6.45) is 7.19. The van der Waals surface area contributed by atoms with E-state index in [4.69, 9.17) is 0 Å². The van der Waals surface area contributed by atoms with Crippen molar-refractivity contribution in [3.05, 3.63) is 57.3 Å². The molecule has 2 atom stereocenters. The van der Waals surface area contributed by atoms with Crippen LogP contribution in [0.3, 0.4) is 0 Å². The van der Waals surface area contributed by atoms with Crippen LogP contribution in [0, 0.1) is 0 Å². The Kier molecular flexibility index (Phi) is 3.60. The van der Waals surface area contributed by atoms with E-state index in [1.165, 1.54) is 48.1 Å². The number of aliphatic hydroxyl groups is 1. The number of thiophene rings is 1. The molecule has 0 radical (unpaired) electrons. The summed E-state index contributed by atoms with van der Waals surface area (Å²) in [5.41, 5.74) is 3.93. The SMILES string of the molecule is OC(c1ccc(C2CCC2)cc1)C1CCCc2sccc21. The van der Waals surface area contributed by atoms with Crippen LogP contribution in [0.5, 0.6) is 0 Å². The first-order chi connectivity index (χ1) is 10.3. The van der Waals surface area contributed by atoms with Gasteiger partial charge in [-0.25, -0.2) is 0 Å². The lowest BCUT2D eigenvalue weighted by Crippen LogP contribution is -2.16. The molecule has 1 heterocycles. The zero-order valence-electron chi connectivity index (χ0n) is 12.3. The maximum atomic E-state index is 10.8. The van der Waals surface area contributed by atoms with Crippen LogP contribution in [0.2, 0.25) is 0 Å². The van der Waals surface area contributed by atoms with Gasteiger partial charge >= 0.3 is 0 Å². The standard InChI is InChI=1S/C19H22OS/c20-19(17-5-2-6-18-16(17)11-12-21-18)15-9-7-14(8-10-15)13-3-1-4-13/h7-13,17,19-20H,1-6H2. The lowest BCUT2D eigenvalue weighted by molar-refractivity contribution is 0.136. The highest BCUT2D eigenvalue weighted by Crippen LogP contribution is 2.43. The van der Waals surface area contributed by atoms with E-state index < -0.39 is 0 Å². The molecule has 1 N–H and O–H groups in total. The van der Waals surface area contributed by atoms with E-state index in [1.807, 2.05) is 11.3 Å². The summed E-state index contributed by atoms with van der Waals surface area (Å²) in [5.74, 6) is 1.06. The second-order valence-corrected chi connectivity index (χ2v) is 7.54. The molecule has 110 valence electrons. The molecule has 2 aliphatic carbocycles. The van der Waals surface area contributed by atoms with Gasteiger partial charge in [0.25, 0.3) is 0 Å². The van der Waals surface area contributed by atoms with Gasteiger partial charge in [0.05, 0.1) is 6.10 Å². The Morgan fingerprint density at radius 1 is 1.00 bits per heavy atom. The number of hydrogen-bond donors (Lipinski definition) is 1. The molecule has 4 rings (SSSR count). The van der Waals surface area contributed by atoms with E-state index in [2.05, 4.69) is 35.7 Å². The van der Waals surface area contributed by atoms with E-state index in [9.17, 15) is 5.11 Å². The number of benzene rings is 1. The number of fused-ring (bicyclic) bond motifs is 1. The van der Waals surface area contributed by atoms with Crippen molar-refractivity contribution in [2.24, 2.45) is 0 Å². The zero-order chi connectivity index (χ0) is 14.2. The largest absolute Gasteiger partial charge is 0.388 e. The van der Waals surface area contributed by atoms with Crippen molar-refractivity contribution < 1.29 is 5.11 Å². The van der Waals surface area contributed by atoms with E-state index in [-0.39, 0.29) is 12.0 Å². The Hall–Kier alpha value is -1.12. The van der Waals surface area contributed by atoms with Crippen LogP contribution in [0.15, 0.2) is 35.7 Å². The highest BCUT2D eigenvalue weighted by molar-refractivity contribution is 7.10. The number of aryl methyl sites for hydroxylation is 1. The predicted octanol–water partition coefficient (Wildman–Crippen LogP) is 5.17. The van der Waals surface area contributed by atoms with Gasteiger partial charge in [-0.05, 0) is 66.2 Å². The minimum Gasteiger partial charge on any atom is -0.388 e. The smallest absolute Gasteiger partial charge is 0.0858 e. The second kappa shape index (κ2) is 5.58. The molecule has 0 aliphatic heterocycles. The van der Waals surface area contributed by atoms with Crippen molar-refractivity contribution in [3.63, 3.8) is 0 Å². The molecule has 2 aliphatic rings. The Morgan fingerprint density at radius 3 is 2.52 bits per heavy atom. The third kappa shape index (κ3) is 2.45. The molecule has 2 heteroatoms. The quantitative estimate of drug-likeness (QED) is 0.829. The maximum absolute atomic E-state index is 10.8. The Balaban J connectivity index is 1.56. The molecule has 2 aromatic rings. The van der Waals surface area contributed by atoms with Gasteiger partial charge in [-0.2, -0.15) is 0 Å². The van der Waals surface area contributed by atoms with Gasteiger partial charge in [0.15, 0.2) is 0 Å². The molecule has 0 saturated heterocycles. The van der Waals surface area contributed by atoms with Crippen LogP contribution in [0.4, 0.5) is 0 Å². The third-order valence-electron chi connectivity index (χ3n) is 5.33. The van der Waals surface area contributed by atoms with Crippen LogP contribution >= 0.6 is 11.3 Å². The van der Waals surface area contributed by atoms with Gasteiger partial charge in [0, 0.05) is 10.8 Å². The van der Waals surface area contributed by atoms with E-state index in [0.29, 0.717) is 0 Å². The molecule has 1 aromatic carbocycles. The fourth-order valence-electron chi connectivity index (χ4n) is 3.79. The Morgan fingerprint density at radius 2 is 1.81 bits per heavy atom. The van der Waals surface area contributed by atoms with E-state index in [0.717, 1.165) is 17.9 Å². The van der Waals surface area contributed by atoms with E-state index >= 15 is 0 Å². The minimum atomic E-state index is -0.353. The van der Waals surface area contributed by atoms with Crippen LogP contribution in [-0.4, -0.2) is 5.11 Å². The lowest BCUT2D eigenvalue weighted by atomic mass is 9.78. The summed E-state index contributed by atoms with van der Waals surface area (Å²) in [6.45, 7) is 0. The predicted molar refractivity (Wildman–Crippen MR) is 88.0 cm³/mol. The minimum absolute atomic E-state index is 0.287. The van der Waals surface area contributed by atoms with Crippen molar-refractivity contribution in [1.29, 1.82) is 0 Å². The molecule has 0 spiro atoms. The summed E-state index contributed by atoms with van der Waals surface area (Å²) < 4.78 is 0. The normalized spacial score (nSPS) is 23.4. The fraction of sp³-hybridized carbons (Fsp3) is 0.474. The van der Waals surface area contributed by atoms with E-state index in [1.54, 1.807) is 0 Å². The monoisotopic (exact) mass is 298 g/mol. The Bertz CT molecular complexity index is 609. The summed E-state index contributed by atoms with van der Waals surface area (Å²) in [5, 5.41) is 13.0. The first-order valence-electron chi connectivity index (χ1n) is 8.17. The summed E-state index contributed by atoms with van der Waals surface area (Å²) >= 11 is 1.85. The van der Waals surface area contributed by atoms with Crippen molar-refractivity contribution in [1.82, 2.24) is 0 Å². The summed E-state index contributed by atoms with van der Waals surface area (Å²) in [4.78, 5) is 1.48. The number of hydrogen-bond acceptors (Lipinski definition) is 2. The summed E-state index contributed by atoms with van der Waals surface area (Å²) in [6, 6.07) is 11.0. The van der Waals surface area contributed by atoms with Crippen LogP contribution in [-0.2, 0) is 6.42 Å². The molecule has 1 saturated carbocycles. The third-order valence-corrected chi connectivity index (χ3v) is 6.33. The first kappa shape index (κ1) is 13.5. The molecule has 1 aromatic heterocycles. The zero-order valence-corrected chi connectivity index (χ0v) is 13.1. The van der Waals surface area contributed by atoms with Crippen LogP contribution in [0.1, 0.15) is 71.6 Å². The van der Waals surface area contributed by atoms with Crippen molar-refractivity contribution >= 4 is 11.3 Å². The van der Waals surface area contributed by atoms with Crippen molar-refractivity contribution in [2.45, 2.75) is 56.5 Å². The van der Waals surface area contributed by atoms with Gasteiger partial charge in [0.1, 0.15) is 0 Å². The highest BCUT2D eigenvalue weighted by atomic mass is 32.1. The van der Waals surface area contributed by atoms with Crippen LogP contribution in [0.25, 0.3) is 0 Å². The highest BCUT2D eigenvalue weighted by Gasteiger charge is 2.28. The molecule has 0 amide bonds. The van der Waals surface area contributed by atoms with Gasteiger partial charge < -0.3 is 5.11 Å². The molecule has 1 fully saturated rings. The summed E-state index contributed by atoms with van der Waals surface area (Å²) in [7, 11) is 0. The maximum Gasteiger partial charge on any atom is 0.0858 e. The first-order valence-corrected chi connectivity index (χ1v) is 9.05. The van der Waals surface area contributed by atoms with Crippen molar-refractivity contribution in [2.75, 3.05) is 0 Å². The molecule has 21 heavy (non-hydrogen) atoms. The lowest BCUT2D eigenvalue weighted by Gasteiger charge is -2.29. The second-order valence-electron chi connectivity index (χ2n) is 6.54. The Labute approximate surface area is 130 Å². The van der Waals surface area contributed by atoms with Gasteiger partial charge in [-0.15, -0.1) is 11.3 Å². The van der Waals surface area contributed by atoms with Crippen molar-refractivity contribution in [3.8, 4) is 0 Å². The van der Waals surface area contributed by atoms with Gasteiger partial charge in [-0.1, -0.05) is 30.7 Å². The average Bonchev–Trinajstić information content (AvgIpc) is 2.94. The molecule has 2 unspecified atom stereocenters. The molecular weight excluding hydrogens is 276 g/mol. The average molecular weight is 298 g/mol. The van der Waals surface area contributed by atoms with Gasteiger partial charge in [-0.3, -0.25) is 0 Å². The topological polar surface area (TPSA) is 20.2 Å². The molecule has 1 nitrogen and oxygen atoms in total. The molecule has 0 bridgehead atoms. The number of rotatable bonds is 3.